The molecule has 1 aliphatic rings. The minimum atomic E-state index is -0.724. The lowest BCUT2D eigenvalue weighted by Crippen LogP contribution is -2.13. The molecule has 1 aliphatic heterocycles. The Morgan fingerprint density at radius 2 is 2.37 bits per heavy atom. The lowest BCUT2D eigenvalue weighted by molar-refractivity contribution is -0.139. The average Bonchev–Trinajstić information content (AvgIpc) is 2.87. The van der Waals surface area contributed by atoms with Crippen molar-refractivity contribution in [3.63, 3.8) is 0 Å². The number of benzene rings is 1. The van der Waals surface area contributed by atoms with Crippen LogP contribution in [0.3, 0.4) is 0 Å². The number of hydrogen-bond acceptors (Lipinski definition) is 2. The fourth-order valence-electron chi connectivity index (χ4n) is 2.74. The van der Waals surface area contributed by atoms with Crippen molar-refractivity contribution in [2.45, 2.75) is 51.0 Å². The molecule has 0 aliphatic carbocycles. The summed E-state index contributed by atoms with van der Waals surface area (Å²) < 4.78 is 5.57. The molecule has 1 saturated heterocycles. The summed E-state index contributed by atoms with van der Waals surface area (Å²) in [5.41, 5.74) is 2.03. The van der Waals surface area contributed by atoms with Gasteiger partial charge in [-0.15, -0.1) is 0 Å². The molecule has 1 N–H and O–H groups in total. The lowest BCUT2D eigenvalue weighted by Gasteiger charge is -2.15. The van der Waals surface area contributed by atoms with Crippen LogP contribution in [0.2, 0.25) is 0 Å². The van der Waals surface area contributed by atoms with E-state index in [-0.39, 0.29) is 5.92 Å². The fraction of sp³-hybridized carbons (Fsp3) is 0.562. The molecule has 1 aromatic rings. The molecular formula is C16H22O3. The van der Waals surface area contributed by atoms with Gasteiger partial charge < -0.3 is 9.84 Å². The number of carboxylic acid groups (broad SMARTS) is 1. The van der Waals surface area contributed by atoms with Crippen LogP contribution >= 0.6 is 0 Å². The van der Waals surface area contributed by atoms with Gasteiger partial charge >= 0.3 is 5.97 Å². The second-order valence-corrected chi connectivity index (χ2v) is 5.37. The highest BCUT2D eigenvalue weighted by Gasteiger charge is 2.21. The van der Waals surface area contributed by atoms with Gasteiger partial charge in [-0.3, -0.25) is 4.79 Å². The van der Waals surface area contributed by atoms with E-state index in [4.69, 9.17) is 4.74 Å². The van der Waals surface area contributed by atoms with Crippen LogP contribution in [0.4, 0.5) is 0 Å². The quantitative estimate of drug-likeness (QED) is 0.853. The summed E-state index contributed by atoms with van der Waals surface area (Å²) in [6.07, 6.45) is 5.21. The Balaban J connectivity index is 1.90. The predicted octanol–water partition coefficient (Wildman–Crippen LogP) is 3.51. The van der Waals surface area contributed by atoms with Gasteiger partial charge in [0.1, 0.15) is 0 Å². The number of hydrogen-bond donors (Lipinski definition) is 1. The normalized spacial score (nSPS) is 20.4. The van der Waals surface area contributed by atoms with Crippen LogP contribution in [0, 0.1) is 6.92 Å². The van der Waals surface area contributed by atoms with Gasteiger partial charge in [-0.2, -0.15) is 0 Å². The molecule has 2 rings (SSSR count). The minimum absolute atomic E-state index is 0.354. The molecular weight excluding hydrogens is 240 g/mol. The molecule has 0 saturated carbocycles. The highest BCUT2D eigenvalue weighted by Crippen LogP contribution is 2.25. The van der Waals surface area contributed by atoms with Gasteiger partial charge in [0.05, 0.1) is 12.0 Å². The number of carboxylic acids is 1. The molecule has 0 radical (unpaired) electrons. The Morgan fingerprint density at radius 1 is 1.53 bits per heavy atom. The van der Waals surface area contributed by atoms with E-state index in [1.807, 2.05) is 31.2 Å². The van der Waals surface area contributed by atoms with E-state index in [1.165, 1.54) is 0 Å². The third-order valence-electron chi connectivity index (χ3n) is 3.79. The zero-order valence-electron chi connectivity index (χ0n) is 11.5. The highest BCUT2D eigenvalue weighted by molar-refractivity contribution is 5.76. The standard InChI is InChI=1S/C16H22O3/c1-12-5-2-6-13(11-12)15(16(17)18)9-3-7-14-8-4-10-19-14/h2,5-6,11,14-15H,3-4,7-10H2,1H3,(H,17,18). The molecule has 104 valence electrons. The van der Waals surface area contributed by atoms with Crippen LogP contribution in [-0.4, -0.2) is 23.8 Å². The third-order valence-corrected chi connectivity index (χ3v) is 3.79. The maximum atomic E-state index is 11.4. The van der Waals surface area contributed by atoms with Crippen molar-refractivity contribution in [2.75, 3.05) is 6.61 Å². The summed E-state index contributed by atoms with van der Waals surface area (Å²) in [5.74, 6) is -1.11. The minimum Gasteiger partial charge on any atom is -0.481 e. The summed E-state index contributed by atoms with van der Waals surface area (Å²) in [4.78, 5) is 11.4. The Hall–Kier alpha value is -1.35. The SMILES string of the molecule is Cc1cccc(C(CCCC2CCCO2)C(=O)O)c1. The van der Waals surface area contributed by atoms with E-state index in [9.17, 15) is 9.90 Å². The fourth-order valence-corrected chi connectivity index (χ4v) is 2.74. The summed E-state index contributed by atoms with van der Waals surface area (Å²) >= 11 is 0. The molecule has 0 aromatic heterocycles. The zero-order valence-corrected chi connectivity index (χ0v) is 11.5. The zero-order chi connectivity index (χ0) is 13.7. The van der Waals surface area contributed by atoms with Gasteiger partial charge in [0.25, 0.3) is 0 Å². The molecule has 0 bridgehead atoms. The summed E-state index contributed by atoms with van der Waals surface area (Å²) in [5, 5.41) is 9.38. The maximum Gasteiger partial charge on any atom is 0.310 e. The first-order valence-corrected chi connectivity index (χ1v) is 7.08. The second kappa shape index (κ2) is 6.71. The largest absolute Gasteiger partial charge is 0.481 e. The molecule has 0 spiro atoms. The summed E-state index contributed by atoms with van der Waals surface area (Å²) in [6, 6.07) is 7.82. The van der Waals surface area contributed by atoms with Gasteiger partial charge in [0, 0.05) is 6.61 Å². The van der Waals surface area contributed by atoms with Crippen molar-refractivity contribution < 1.29 is 14.6 Å². The van der Waals surface area contributed by atoms with Gasteiger partial charge in [-0.1, -0.05) is 29.8 Å². The number of aliphatic carboxylic acids is 1. The highest BCUT2D eigenvalue weighted by atomic mass is 16.5. The summed E-state index contributed by atoms with van der Waals surface area (Å²) in [7, 11) is 0. The molecule has 1 heterocycles. The lowest BCUT2D eigenvalue weighted by atomic mass is 9.92. The van der Waals surface area contributed by atoms with Crippen LogP contribution in [0.5, 0.6) is 0 Å². The van der Waals surface area contributed by atoms with E-state index < -0.39 is 5.97 Å². The number of aryl methyl sites for hydroxylation is 1. The van der Waals surface area contributed by atoms with E-state index in [1.54, 1.807) is 0 Å². The van der Waals surface area contributed by atoms with Crippen molar-refractivity contribution in [1.29, 1.82) is 0 Å². The van der Waals surface area contributed by atoms with Crippen molar-refractivity contribution in [1.82, 2.24) is 0 Å². The monoisotopic (exact) mass is 262 g/mol. The van der Waals surface area contributed by atoms with E-state index in [0.717, 1.165) is 43.4 Å². The molecule has 3 nitrogen and oxygen atoms in total. The van der Waals surface area contributed by atoms with Crippen LogP contribution in [-0.2, 0) is 9.53 Å². The Labute approximate surface area is 114 Å². The first-order valence-electron chi connectivity index (χ1n) is 7.08. The van der Waals surface area contributed by atoms with Crippen molar-refractivity contribution in [2.24, 2.45) is 0 Å². The Kier molecular flexibility index (Phi) is 4.97. The molecule has 2 unspecified atom stereocenters. The van der Waals surface area contributed by atoms with Crippen LogP contribution in [0.15, 0.2) is 24.3 Å². The number of ether oxygens (including phenoxy) is 1. The van der Waals surface area contributed by atoms with E-state index >= 15 is 0 Å². The van der Waals surface area contributed by atoms with Gasteiger partial charge in [-0.05, 0) is 44.6 Å². The predicted molar refractivity (Wildman–Crippen MR) is 74.4 cm³/mol. The molecule has 0 amide bonds. The smallest absolute Gasteiger partial charge is 0.310 e. The van der Waals surface area contributed by atoms with E-state index in [2.05, 4.69) is 0 Å². The van der Waals surface area contributed by atoms with E-state index in [0.29, 0.717) is 12.5 Å². The summed E-state index contributed by atoms with van der Waals surface area (Å²) in [6.45, 7) is 2.86. The molecule has 1 aromatic carbocycles. The van der Waals surface area contributed by atoms with Crippen LogP contribution in [0.1, 0.15) is 49.1 Å². The molecule has 2 atom stereocenters. The van der Waals surface area contributed by atoms with Crippen molar-refractivity contribution in [3.8, 4) is 0 Å². The second-order valence-electron chi connectivity index (χ2n) is 5.37. The molecule has 19 heavy (non-hydrogen) atoms. The van der Waals surface area contributed by atoms with Gasteiger partial charge in [0.15, 0.2) is 0 Å². The van der Waals surface area contributed by atoms with Gasteiger partial charge in [0.2, 0.25) is 0 Å². The number of rotatable bonds is 6. The van der Waals surface area contributed by atoms with Crippen molar-refractivity contribution >= 4 is 5.97 Å². The Morgan fingerprint density at radius 3 is 3.00 bits per heavy atom. The topological polar surface area (TPSA) is 46.5 Å². The number of carbonyl (C=O) groups is 1. The molecule has 1 fully saturated rings. The maximum absolute atomic E-state index is 11.4. The third kappa shape index (κ3) is 4.06. The molecule has 3 heteroatoms. The average molecular weight is 262 g/mol. The Bertz CT molecular complexity index is 422. The van der Waals surface area contributed by atoms with Gasteiger partial charge in [-0.25, -0.2) is 0 Å². The van der Waals surface area contributed by atoms with Crippen LogP contribution in [0.25, 0.3) is 0 Å². The first-order chi connectivity index (χ1) is 9.16. The van der Waals surface area contributed by atoms with Crippen molar-refractivity contribution in [3.05, 3.63) is 35.4 Å². The van der Waals surface area contributed by atoms with Crippen LogP contribution < -0.4 is 0 Å². The first kappa shape index (κ1) is 14.1.